The number of hydrogen-bond donors (Lipinski definition) is 1. The largest absolute Gasteiger partial charge is 0.486 e. The highest BCUT2D eigenvalue weighted by Crippen LogP contribution is 2.30. The van der Waals surface area contributed by atoms with Crippen molar-refractivity contribution in [1.29, 1.82) is 0 Å². The lowest BCUT2D eigenvalue weighted by atomic mass is 10.2. The number of ether oxygens (including phenoxy) is 3. The van der Waals surface area contributed by atoms with E-state index in [4.69, 9.17) is 14.2 Å². The van der Waals surface area contributed by atoms with Crippen molar-refractivity contribution < 1.29 is 32.2 Å². The number of sulfone groups is 1. The topological polar surface area (TPSA) is 108 Å². The van der Waals surface area contributed by atoms with E-state index in [2.05, 4.69) is 5.32 Å². The summed E-state index contributed by atoms with van der Waals surface area (Å²) < 4.78 is 39.7. The molecule has 0 unspecified atom stereocenters. The minimum atomic E-state index is -3.60. The predicted octanol–water partition coefficient (Wildman–Crippen LogP) is 1.20. The summed E-state index contributed by atoms with van der Waals surface area (Å²) in [6.45, 7) is -0.0927. The zero-order valence-electron chi connectivity index (χ0n) is 15.1. The molecule has 0 aliphatic carbocycles. The fraction of sp³-hybridized carbons (Fsp3) is 0.263. The Hall–Kier alpha value is -3.07. The van der Waals surface area contributed by atoms with Gasteiger partial charge in [0, 0.05) is 6.26 Å². The van der Waals surface area contributed by atoms with Crippen molar-refractivity contribution in [2.24, 2.45) is 0 Å². The molecule has 1 aliphatic heterocycles. The third-order valence-electron chi connectivity index (χ3n) is 3.94. The van der Waals surface area contributed by atoms with Gasteiger partial charge >= 0.3 is 5.97 Å². The number of benzene rings is 2. The van der Waals surface area contributed by atoms with Crippen LogP contribution in [0, 0.1) is 0 Å². The van der Waals surface area contributed by atoms with Gasteiger partial charge in [-0.2, -0.15) is 0 Å². The Morgan fingerprint density at radius 3 is 2.54 bits per heavy atom. The molecule has 28 heavy (non-hydrogen) atoms. The van der Waals surface area contributed by atoms with Gasteiger partial charge in [0.05, 0.1) is 17.0 Å². The van der Waals surface area contributed by atoms with Crippen LogP contribution in [0.2, 0.25) is 0 Å². The quantitative estimate of drug-likeness (QED) is 0.720. The van der Waals surface area contributed by atoms with Gasteiger partial charge in [0.15, 0.2) is 27.9 Å². The molecule has 0 radical (unpaired) electrons. The summed E-state index contributed by atoms with van der Waals surface area (Å²) in [6, 6.07) is 12.9. The number of para-hydroxylation sites is 2. The fourth-order valence-electron chi connectivity index (χ4n) is 2.61. The zero-order chi connectivity index (χ0) is 20.1. The second-order valence-electron chi connectivity index (χ2n) is 6.15. The molecule has 9 heteroatoms. The lowest BCUT2D eigenvalue weighted by Gasteiger charge is -2.26. The number of carbonyl (C=O) groups is 2. The standard InChI is InChI=1S/C19H19NO7S/c1-28(23,24)17-9-5-2-6-14(17)19(22)26-12-18(21)20-10-13-11-25-15-7-3-4-8-16(15)27-13/h2-9,13H,10-12H2,1H3,(H,20,21)/t13-/m1/s1. The summed E-state index contributed by atoms with van der Waals surface area (Å²) in [5.41, 5.74) is -0.113. The number of rotatable bonds is 6. The Kier molecular flexibility index (Phi) is 5.84. The van der Waals surface area contributed by atoms with Crippen molar-refractivity contribution in [3.05, 3.63) is 54.1 Å². The molecule has 0 bridgehead atoms. The summed E-state index contributed by atoms with van der Waals surface area (Å²) >= 11 is 0. The molecule has 2 aromatic carbocycles. The second kappa shape index (κ2) is 8.30. The van der Waals surface area contributed by atoms with E-state index in [9.17, 15) is 18.0 Å². The minimum Gasteiger partial charge on any atom is -0.486 e. The van der Waals surface area contributed by atoms with Gasteiger partial charge in [0.1, 0.15) is 12.7 Å². The van der Waals surface area contributed by atoms with Gasteiger partial charge < -0.3 is 19.5 Å². The van der Waals surface area contributed by atoms with Crippen molar-refractivity contribution in [3.8, 4) is 11.5 Å². The summed E-state index contributed by atoms with van der Waals surface area (Å²) in [7, 11) is -3.60. The maximum atomic E-state index is 12.1. The summed E-state index contributed by atoms with van der Waals surface area (Å²) in [4.78, 5) is 23.9. The van der Waals surface area contributed by atoms with Crippen LogP contribution in [0.1, 0.15) is 10.4 Å². The molecule has 1 amide bonds. The molecule has 1 atom stereocenters. The number of nitrogens with one attached hydrogen (secondary N) is 1. The molecule has 0 saturated carbocycles. The molecule has 1 aliphatic rings. The van der Waals surface area contributed by atoms with Gasteiger partial charge in [-0.25, -0.2) is 13.2 Å². The first-order valence-corrected chi connectivity index (χ1v) is 10.3. The Labute approximate surface area is 162 Å². The predicted molar refractivity (Wildman–Crippen MR) is 99.2 cm³/mol. The van der Waals surface area contributed by atoms with Gasteiger partial charge in [-0.15, -0.1) is 0 Å². The Morgan fingerprint density at radius 1 is 1.11 bits per heavy atom. The molecule has 0 fully saturated rings. The van der Waals surface area contributed by atoms with Crippen LogP contribution in [0.3, 0.4) is 0 Å². The van der Waals surface area contributed by atoms with Crippen LogP contribution < -0.4 is 14.8 Å². The van der Waals surface area contributed by atoms with Gasteiger partial charge in [-0.3, -0.25) is 4.79 Å². The Bertz CT molecular complexity index is 987. The van der Waals surface area contributed by atoms with Crippen LogP contribution in [-0.2, 0) is 19.4 Å². The molecule has 1 heterocycles. The van der Waals surface area contributed by atoms with E-state index < -0.39 is 28.3 Å². The second-order valence-corrected chi connectivity index (χ2v) is 8.13. The average Bonchev–Trinajstić information content (AvgIpc) is 2.69. The molecule has 8 nitrogen and oxygen atoms in total. The Balaban J connectivity index is 1.50. The smallest absolute Gasteiger partial charge is 0.339 e. The maximum absolute atomic E-state index is 12.1. The first kappa shape index (κ1) is 19.7. The van der Waals surface area contributed by atoms with E-state index in [0.717, 1.165) is 6.26 Å². The third-order valence-corrected chi connectivity index (χ3v) is 5.09. The lowest BCUT2D eigenvalue weighted by Crippen LogP contribution is -2.42. The van der Waals surface area contributed by atoms with Crippen LogP contribution in [0.4, 0.5) is 0 Å². The van der Waals surface area contributed by atoms with Gasteiger partial charge in [0.25, 0.3) is 5.91 Å². The van der Waals surface area contributed by atoms with E-state index in [1.807, 2.05) is 12.1 Å². The molecule has 0 spiro atoms. The molecule has 1 N–H and O–H groups in total. The summed E-state index contributed by atoms with van der Waals surface area (Å²) in [5.74, 6) is -0.185. The maximum Gasteiger partial charge on any atom is 0.339 e. The monoisotopic (exact) mass is 405 g/mol. The van der Waals surface area contributed by atoms with Crippen molar-refractivity contribution in [1.82, 2.24) is 5.32 Å². The molecule has 0 aromatic heterocycles. The summed E-state index contributed by atoms with van der Waals surface area (Å²) in [5, 5.41) is 2.60. The van der Waals surface area contributed by atoms with Crippen LogP contribution in [0.25, 0.3) is 0 Å². The SMILES string of the molecule is CS(=O)(=O)c1ccccc1C(=O)OCC(=O)NC[C@@H]1COc2ccccc2O1. The van der Waals surface area contributed by atoms with E-state index in [1.54, 1.807) is 12.1 Å². The number of hydrogen-bond acceptors (Lipinski definition) is 7. The van der Waals surface area contributed by atoms with Crippen LogP contribution in [-0.4, -0.2) is 52.4 Å². The fourth-order valence-corrected chi connectivity index (χ4v) is 3.49. The van der Waals surface area contributed by atoms with E-state index >= 15 is 0 Å². The highest BCUT2D eigenvalue weighted by molar-refractivity contribution is 7.90. The minimum absolute atomic E-state index is 0.113. The van der Waals surface area contributed by atoms with Crippen molar-refractivity contribution >= 4 is 21.7 Å². The highest BCUT2D eigenvalue weighted by atomic mass is 32.2. The first-order valence-electron chi connectivity index (χ1n) is 8.46. The van der Waals surface area contributed by atoms with Crippen LogP contribution >= 0.6 is 0 Å². The van der Waals surface area contributed by atoms with E-state index in [1.165, 1.54) is 24.3 Å². The molecule has 3 rings (SSSR count). The first-order chi connectivity index (χ1) is 13.3. The highest BCUT2D eigenvalue weighted by Gasteiger charge is 2.22. The molecular weight excluding hydrogens is 386 g/mol. The number of carbonyl (C=O) groups excluding carboxylic acids is 2. The molecule has 2 aromatic rings. The van der Waals surface area contributed by atoms with Gasteiger partial charge in [-0.05, 0) is 24.3 Å². The number of esters is 1. The van der Waals surface area contributed by atoms with Crippen LogP contribution in [0.15, 0.2) is 53.4 Å². The van der Waals surface area contributed by atoms with E-state index in [-0.39, 0.29) is 29.7 Å². The molecular formula is C19H19NO7S. The lowest BCUT2D eigenvalue weighted by molar-refractivity contribution is -0.124. The van der Waals surface area contributed by atoms with Crippen molar-refractivity contribution in [2.45, 2.75) is 11.0 Å². The third kappa shape index (κ3) is 4.80. The van der Waals surface area contributed by atoms with Crippen LogP contribution in [0.5, 0.6) is 11.5 Å². The zero-order valence-corrected chi connectivity index (χ0v) is 15.9. The molecule has 0 saturated heterocycles. The van der Waals surface area contributed by atoms with Crippen molar-refractivity contribution in [3.63, 3.8) is 0 Å². The van der Waals surface area contributed by atoms with E-state index in [0.29, 0.717) is 11.5 Å². The molecule has 148 valence electrons. The van der Waals surface area contributed by atoms with Gasteiger partial charge in [-0.1, -0.05) is 24.3 Å². The number of fused-ring (bicyclic) bond motifs is 1. The van der Waals surface area contributed by atoms with Gasteiger partial charge in [0.2, 0.25) is 0 Å². The average molecular weight is 405 g/mol. The van der Waals surface area contributed by atoms with Crippen molar-refractivity contribution in [2.75, 3.05) is 26.0 Å². The normalized spacial score (nSPS) is 15.5. The Morgan fingerprint density at radius 2 is 1.79 bits per heavy atom. The summed E-state index contributed by atoms with van der Waals surface area (Å²) in [6.07, 6.45) is 0.622. The number of amides is 1.